The normalized spacial score (nSPS) is 24.3. The van der Waals surface area contributed by atoms with Gasteiger partial charge in [-0.25, -0.2) is 0 Å². The van der Waals surface area contributed by atoms with Crippen LogP contribution in [0.5, 0.6) is 5.75 Å². The maximum atomic E-state index is 12.9. The van der Waals surface area contributed by atoms with Crippen LogP contribution in [0.25, 0.3) is 0 Å². The van der Waals surface area contributed by atoms with E-state index in [0.29, 0.717) is 30.7 Å². The molecule has 2 aliphatic rings. The van der Waals surface area contributed by atoms with Crippen LogP contribution in [0, 0.1) is 6.92 Å². The van der Waals surface area contributed by atoms with Crippen molar-refractivity contribution in [2.24, 2.45) is 0 Å². The molecule has 2 N–H and O–H groups in total. The molecule has 29 heavy (non-hydrogen) atoms. The molecule has 1 aromatic carbocycles. The van der Waals surface area contributed by atoms with Crippen molar-refractivity contribution in [1.82, 2.24) is 19.2 Å². The van der Waals surface area contributed by atoms with E-state index in [1.807, 2.05) is 6.92 Å². The summed E-state index contributed by atoms with van der Waals surface area (Å²) >= 11 is 0. The number of rotatable bonds is 2. The van der Waals surface area contributed by atoms with Crippen LogP contribution in [0.1, 0.15) is 35.2 Å². The van der Waals surface area contributed by atoms with Gasteiger partial charge in [0.2, 0.25) is 5.91 Å². The predicted octanol–water partition coefficient (Wildman–Crippen LogP) is 0.263. The molecule has 1 saturated heterocycles. The smallest absolute Gasteiger partial charge is 0.282 e. The van der Waals surface area contributed by atoms with Crippen molar-refractivity contribution in [1.29, 1.82) is 0 Å². The Bertz CT molecular complexity index is 887. The number of hydrogen-bond acceptors (Lipinski definition) is 5. The first-order valence-corrected chi connectivity index (χ1v) is 11.1. The van der Waals surface area contributed by atoms with Gasteiger partial charge in [-0.3, -0.25) is 9.59 Å². The van der Waals surface area contributed by atoms with Crippen LogP contribution >= 0.6 is 0 Å². The Morgan fingerprint density at radius 3 is 2.59 bits per heavy atom. The van der Waals surface area contributed by atoms with Gasteiger partial charge in [0.25, 0.3) is 16.1 Å². The third-order valence-electron chi connectivity index (χ3n) is 5.33. The molecule has 2 aliphatic heterocycles. The molecular formula is C19H28N4O5S. The average molecular weight is 425 g/mol. The van der Waals surface area contributed by atoms with Gasteiger partial charge in [-0.1, -0.05) is 6.07 Å². The van der Waals surface area contributed by atoms with Gasteiger partial charge >= 0.3 is 0 Å². The molecule has 1 aromatic rings. The Kier molecular flexibility index (Phi) is 6.45. The molecule has 1 fully saturated rings. The van der Waals surface area contributed by atoms with Crippen molar-refractivity contribution in [3.8, 4) is 5.75 Å². The first-order chi connectivity index (χ1) is 13.7. The molecular weight excluding hydrogens is 396 g/mol. The predicted molar refractivity (Wildman–Crippen MR) is 108 cm³/mol. The number of nitrogens with zero attached hydrogens (tertiary/aromatic N) is 2. The number of ether oxygens (including phenoxy) is 1. The second-order valence-electron chi connectivity index (χ2n) is 7.60. The lowest BCUT2D eigenvalue weighted by molar-refractivity contribution is -0.121. The summed E-state index contributed by atoms with van der Waals surface area (Å²) in [5, 5.41) is 5.63. The lowest BCUT2D eigenvalue weighted by atomic mass is 10.1. The highest BCUT2D eigenvalue weighted by Crippen LogP contribution is 2.30. The molecule has 4 bridgehead atoms. The molecule has 2 heterocycles. The van der Waals surface area contributed by atoms with Crippen LogP contribution in [-0.4, -0.2) is 74.7 Å². The molecule has 3 rings (SSSR count). The Labute approximate surface area is 171 Å². The number of carbonyl (C=O) groups excluding carboxylic acids is 2. The average Bonchev–Trinajstić information content (AvgIpc) is 3.06. The summed E-state index contributed by atoms with van der Waals surface area (Å²) in [6.07, 6.45) is 1.21. The first kappa shape index (κ1) is 21.5. The van der Waals surface area contributed by atoms with Crippen molar-refractivity contribution in [2.45, 2.75) is 38.3 Å². The van der Waals surface area contributed by atoms with Crippen molar-refractivity contribution >= 4 is 22.0 Å². The second kappa shape index (κ2) is 8.68. The summed E-state index contributed by atoms with van der Waals surface area (Å²) in [7, 11) is -0.806. The summed E-state index contributed by atoms with van der Waals surface area (Å²) in [4.78, 5) is 25.0. The van der Waals surface area contributed by atoms with Crippen LogP contribution < -0.4 is 15.4 Å². The minimum absolute atomic E-state index is 0.0737. The topological polar surface area (TPSA) is 108 Å². The molecule has 0 spiro atoms. The molecule has 2 atom stereocenters. The van der Waals surface area contributed by atoms with Crippen LogP contribution in [-0.2, 0) is 15.0 Å². The van der Waals surface area contributed by atoms with Gasteiger partial charge in [-0.15, -0.1) is 0 Å². The van der Waals surface area contributed by atoms with Crippen molar-refractivity contribution in [3.05, 3.63) is 29.3 Å². The molecule has 9 nitrogen and oxygen atoms in total. The minimum atomic E-state index is -3.74. The van der Waals surface area contributed by atoms with E-state index in [2.05, 4.69) is 10.6 Å². The first-order valence-electron chi connectivity index (χ1n) is 9.69. The maximum Gasteiger partial charge on any atom is 0.282 e. The van der Waals surface area contributed by atoms with Crippen LogP contribution in [0.3, 0.4) is 0 Å². The second-order valence-corrected chi connectivity index (χ2v) is 9.65. The molecule has 0 aliphatic carbocycles. The number of fused-ring (bicyclic) bond motifs is 4. The number of carbonyl (C=O) groups is 2. The molecule has 0 aromatic heterocycles. The number of aryl methyl sites for hydroxylation is 1. The standard InChI is InChI=1S/C19H28N4O5S/c1-13-4-5-14-10-17(13)28-9-8-20-18(24)11-15-6-7-16(12-21-19(14)25)23(15)29(26,27)22(2)3/h4-5,10,15-16H,6-9,11-12H2,1-3H3,(H,20,24)(H,21,25)/t15-,16+/m0/s1. The third-order valence-corrected chi connectivity index (χ3v) is 7.38. The van der Waals surface area contributed by atoms with Gasteiger partial charge < -0.3 is 15.4 Å². The molecule has 160 valence electrons. The summed E-state index contributed by atoms with van der Waals surface area (Å²) in [6, 6.07) is 4.32. The van der Waals surface area contributed by atoms with E-state index in [1.165, 1.54) is 18.4 Å². The summed E-state index contributed by atoms with van der Waals surface area (Å²) in [6.45, 7) is 2.61. The molecule has 10 heteroatoms. The van der Waals surface area contributed by atoms with Gasteiger partial charge in [-0.2, -0.15) is 17.0 Å². The van der Waals surface area contributed by atoms with E-state index in [0.717, 1.165) is 9.87 Å². The number of benzene rings is 1. The SMILES string of the molecule is Cc1ccc2cc1OCCNC(=O)C[C@@H]1CC[C@H](CNC2=O)N1S(=O)(=O)N(C)C. The number of nitrogens with one attached hydrogen (secondary N) is 2. The van der Waals surface area contributed by atoms with E-state index in [-0.39, 0.29) is 31.4 Å². The van der Waals surface area contributed by atoms with E-state index >= 15 is 0 Å². The van der Waals surface area contributed by atoms with Gasteiger partial charge in [-0.05, 0) is 37.5 Å². The van der Waals surface area contributed by atoms with E-state index < -0.39 is 22.3 Å². The Morgan fingerprint density at radius 1 is 1.14 bits per heavy atom. The minimum Gasteiger partial charge on any atom is -0.491 e. The molecule has 2 amide bonds. The molecule has 0 saturated carbocycles. The highest BCUT2D eigenvalue weighted by Gasteiger charge is 2.43. The lowest BCUT2D eigenvalue weighted by Crippen LogP contribution is -2.51. The zero-order chi connectivity index (χ0) is 21.2. The van der Waals surface area contributed by atoms with E-state index in [9.17, 15) is 18.0 Å². The quantitative estimate of drug-likeness (QED) is 0.708. The van der Waals surface area contributed by atoms with E-state index in [1.54, 1.807) is 18.2 Å². The Morgan fingerprint density at radius 2 is 1.86 bits per heavy atom. The van der Waals surface area contributed by atoms with Gasteiger partial charge in [0.05, 0.1) is 6.54 Å². The van der Waals surface area contributed by atoms with E-state index in [4.69, 9.17) is 4.74 Å². The fraction of sp³-hybridized carbons (Fsp3) is 0.579. The van der Waals surface area contributed by atoms with Crippen LogP contribution in [0.15, 0.2) is 18.2 Å². The van der Waals surface area contributed by atoms with Gasteiger partial charge in [0.15, 0.2) is 0 Å². The summed E-state index contributed by atoms with van der Waals surface area (Å²) in [5.41, 5.74) is 1.33. The summed E-state index contributed by atoms with van der Waals surface area (Å²) < 4.78 is 34.0. The monoisotopic (exact) mass is 424 g/mol. The third kappa shape index (κ3) is 4.71. The van der Waals surface area contributed by atoms with Crippen molar-refractivity contribution in [2.75, 3.05) is 33.8 Å². The van der Waals surface area contributed by atoms with Gasteiger partial charge in [0, 0.05) is 44.7 Å². The maximum absolute atomic E-state index is 12.9. The van der Waals surface area contributed by atoms with Crippen molar-refractivity contribution in [3.63, 3.8) is 0 Å². The largest absolute Gasteiger partial charge is 0.491 e. The molecule has 0 radical (unpaired) electrons. The Balaban J connectivity index is 1.90. The fourth-order valence-corrected chi connectivity index (χ4v) is 5.22. The fourth-order valence-electron chi connectivity index (χ4n) is 3.73. The van der Waals surface area contributed by atoms with Crippen LogP contribution in [0.4, 0.5) is 0 Å². The highest BCUT2D eigenvalue weighted by molar-refractivity contribution is 7.86. The Hall–Kier alpha value is -2.17. The van der Waals surface area contributed by atoms with Gasteiger partial charge in [0.1, 0.15) is 12.4 Å². The highest BCUT2D eigenvalue weighted by atomic mass is 32.2. The molecule has 0 unspecified atom stereocenters. The van der Waals surface area contributed by atoms with Crippen molar-refractivity contribution < 1.29 is 22.7 Å². The number of hydrogen-bond donors (Lipinski definition) is 2. The zero-order valence-electron chi connectivity index (χ0n) is 17.0. The lowest BCUT2D eigenvalue weighted by Gasteiger charge is -2.31. The number of amides is 2. The van der Waals surface area contributed by atoms with Crippen LogP contribution in [0.2, 0.25) is 0 Å². The zero-order valence-corrected chi connectivity index (χ0v) is 17.8. The summed E-state index contributed by atoms with van der Waals surface area (Å²) in [5.74, 6) is 0.0762.